The highest BCUT2D eigenvalue weighted by atomic mass is 32.2. The van der Waals surface area contributed by atoms with Crippen molar-refractivity contribution in [3.8, 4) is 5.75 Å². The molecule has 0 bridgehead atoms. The van der Waals surface area contributed by atoms with E-state index in [0.29, 0.717) is 22.4 Å². The Labute approximate surface area is 193 Å². The van der Waals surface area contributed by atoms with Gasteiger partial charge in [-0.3, -0.25) is 0 Å². The highest BCUT2D eigenvalue weighted by Gasteiger charge is 2.42. The molecule has 0 amide bonds. The number of thioether (sulfide) groups is 1. The van der Waals surface area contributed by atoms with Crippen LogP contribution in [0.4, 0.5) is 14.7 Å². The number of anilines is 1. The molecule has 6 rings (SSSR count). The van der Waals surface area contributed by atoms with E-state index in [4.69, 9.17) is 4.74 Å². The fraction of sp³-hybridized carbons (Fsp3) is 0.120. The molecule has 1 aromatic heterocycles. The van der Waals surface area contributed by atoms with Crippen molar-refractivity contribution in [1.82, 2.24) is 14.8 Å². The van der Waals surface area contributed by atoms with E-state index in [2.05, 4.69) is 15.4 Å². The number of benzene rings is 3. The van der Waals surface area contributed by atoms with Gasteiger partial charge in [0, 0.05) is 16.7 Å². The van der Waals surface area contributed by atoms with E-state index in [1.54, 1.807) is 35.0 Å². The molecule has 0 saturated heterocycles. The van der Waals surface area contributed by atoms with Crippen LogP contribution in [0.3, 0.4) is 0 Å². The van der Waals surface area contributed by atoms with Crippen molar-refractivity contribution in [1.29, 1.82) is 0 Å². The third-order valence-corrected chi connectivity index (χ3v) is 6.45. The van der Waals surface area contributed by atoms with E-state index in [1.165, 1.54) is 30.0 Å². The molecule has 2 aliphatic rings. The van der Waals surface area contributed by atoms with Gasteiger partial charge in [-0.2, -0.15) is 4.98 Å². The molecule has 0 radical (unpaired) electrons. The van der Waals surface area contributed by atoms with Gasteiger partial charge in [0.2, 0.25) is 11.1 Å². The molecule has 0 aliphatic carbocycles. The van der Waals surface area contributed by atoms with E-state index in [9.17, 15) is 4.39 Å². The highest BCUT2D eigenvalue weighted by Crippen LogP contribution is 2.51. The largest absolute Gasteiger partial charge is 0.480 e. The van der Waals surface area contributed by atoms with Gasteiger partial charge in [-0.05, 0) is 42.2 Å². The van der Waals surface area contributed by atoms with Crippen molar-refractivity contribution in [2.45, 2.75) is 17.3 Å². The van der Waals surface area contributed by atoms with Gasteiger partial charge in [0.05, 0.1) is 5.70 Å². The van der Waals surface area contributed by atoms with Gasteiger partial charge in [0.1, 0.15) is 29.5 Å². The predicted octanol–water partition coefficient (Wildman–Crippen LogP) is 5.84. The first-order valence-corrected chi connectivity index (χ1v) is 11.6. The van der Waals surface area contributed by atoms with Gasteiger partial charge >= 0.3 is 0 Å². The van der Waals surface area contributed by atoms with Gasteiger partial charge in [-0.1, -0.05) is 54.2 Å². The summed E-state index contributed by atoms with van der Waals surface area (Å²) in [5, 5.41) is 8.64. The summed E-state index contributed by atoms with van der Waals surface area (Å²) in [6.45, 7) is 0. The van der Waals surface area contributed by atoms with Crippen LogP contribution in [0.1, 0.15) is 28.8 Å². The van der Waals surface area contributed by atoms with Crippen molar-refractivity contribution in [3.63, 3.8) is 0 Å². The van der Waals surface area contributed by atoms with E-state index < -0.39 is 12.1 Å². The number of rotatable bonds is 3. The van der Waals surface area contributed by atoms with Crippen LogP contribution in [-0.2, 0) is 0 Å². The first-order chi connectivity index (χ1) is 16.1. The Hall–Kier alpha value is -3.65. The van der Waals surface area contributed by atoms with Crippen LogP contribution < -0.4 is 10.1 Å². The molecule has 2 unspecified atom stereocenters. The number of para-hydroxylation sites is 1. The summed E-state index contributed by atoms with van der Waals surface area (Å²) in [5.41, 5.74) is 3.66. The van der Waals surface area contributed by atoms with Crippen molar-refractivity contribution in [2.24, 2.45) is 0 Å². The second-order valence-electron chi connectivity index (χ2n) is 7.79. The molecule has 2 aliphatic heterocycles. The normalized spacial score (nSPS) is 18.6. The van der Waals surface area contributed by atoms with Crippen LogP contribution in [0.5, 0.6) is 5.75 Å². The minimum absolute atomic E-state index is 0.334. The lowest BCUT2D eigenvalue weighted by molar-refractivity contribution is 0.222. The molecule has 164 valence electrons. The van der Waals surface area contributed by atoms with Crippen LogP contribution >= 0.6 is 11.8 Å². The minimum Gasteiger partial charge on any atom is -0.480 e. The third kappa shape index (κ3) is 3.21. The monoisotopic (exact) mass is 460 g/mol. The summed E-state index contributed by atoms with van der Waals surface area (Å²) >= 11 is 1.41. The molecule has 0 saturated carbocycles. The summed E-state index contributed by atoms with van der Waals surface area (Å²) < 4.78 is 37.1. The van der Waals surface area contributed by atoms with Crippen LogP contribution in [0.15, 0.2) is 83.5 Å². The van der Waals surface area contributed by atoms with E-state index in [-0.39, 0.29) is 11.6 Å². The number of aromatic nitrogens is 3. The molecular weight excluding hydrogens is 442 g/mol. The Bertz CT molecular complexity index is 1400. The zero-order valence-electron chi connectivity index (χ0n) is 17.5. The zero-order valence-corrected chi connectivity index (χ0v) is 18.3. The summed E-state index contributed by atoms with van der Waals surface area (Å²) in [6, 6.07) is 19.9. The van der Waals surface area contributed by atoms with E-state index in [0.717, 1.165) is 22.4 Å². The molecule has 0 spiro atoms. The first kappa shape index (κ1) is 20.0. The average molecular weight is 461 g/mol. The van der Waals surface area contributed by atoms with Gasteiger partial charge in [-0.15, -0.1) is 5.10 Å². The Morgan fingerprint density at radius 3 is 2.52 bits per heavy atom. The molecule has 1 N–H and O–H groups in total. The maximum atomic E-state index is 15.2. The highest BCUT2D eigenvalue weighted by molar-refractivity contribution is 7.98. The quantitative estimate of drug-likeness (QED) is 0.390. The summed E-state index contributed by atoms with van der Waals surface area (Å²) in [5.74, 6) is 0.532. The zero-order chi connectivity index (χ0) is 22.5. The molecule has 4 aromatic rings. The molecule has 0 fully saturated rings. The summed E-state index contributed by atoms with van der Waals surface area (Å²) in [7, 11) is 0. The topological polar surface area (TPSA) is 52.0 Å². The van der Waals surface area contributed by atoms with Crippen LogP contribution in [0.2, 0.25) is 0 Å². The smallest absolute Gasteiger partial charge is 0.227 e. The second-order valence-corrected chi connectivity index (χ2v) is 8.57. The van der Waals surface area contributed by atoms with Crippen LogP contribution in [0.25, 0.3) is 5.70 Å². The molecule has 3 heterocycles. The van der Waals surface area contributed by atoms with Gasteiger partial charge < -0.3 is 10.1 Å². The lowest BCUT2D eigenvalue weighted by Gasteiger charge is -2.38. The van der Waals surface area contributed by atoms with Crippen molar-refractivity contribution >= 4 is 23.4 Å². The number of nitrogens with one attached hydrogen (secondary N) is 1. The predicted molar refractivity (Wildman–Crippen MR) is 123 cm³/mol. The van der Waals surface area contributed by atoms with E-state index >= 15 is 4.39 Å². The van der Waals surface area contributed by atoms with Crippen LogP contribution in [-0.4, -0.2) is 21.0 Å². The second kappa shape index (κ2) is 7.74. The summed E-state index contributed by atoms with van der Waals surface area (Å²) in [6.07, 6.45) is 1.31. The number of hydrogen-bond acceptors (Lipinski definition) is 5. The van der Waals surface area contributed by atoms with Crippen molar-refractivity contribution < 1.29 is 13.5 Å². The summed E-state index contributed by atoms with van der Waals surface area (Å²) in [4.78, 5) is 4.60. The van der Waals surface area contributed by atoms with Gasteiger partial charge in [-0.25, -0.2) is 13.5 Å². The Morgan fingerprint density at radius 2 is 1.73 bits per heavy atom. The maximum Gasteiger partial charge on any atom is 0.227 e. The molecule has 2 atom stereocenters. The molecule has 3 aromatic carbocycles. The van der Waals surface area contributed by atoms with Gasteiger partial charge in [0.25, 0.3) is 0 Å². The number of nitrogens with zero attached hydrogens (tertiary/aromatic N) is 3. The Morgan fingerprint density at radius 1 is 0.970 bits per heavy atom. The van der Waals surface area contributed by atoms with Crippen molar-refractivity contribution in [2.75, 3.05) is 11.6 Å². The van der Waals surface area contributed by atoms with Crippen LogP contribution in [0, 0.1) is 11.6 Å². The van der Waals surface area contributed by atoms with Gasteiger partial charge in [0.15, 0.2) is 0 Å². The molecular formula is C25H18F2N4OS. The first-order valence-electron chi connectivity index (χ1n) is 10.4. The Balaban J connectivity index is 1.65. The maximum absolute atomic E-state index is 15.2. The molecule has 5 nitrogen and oxygen atoms in total. The number of fused-ring (bicyclic) bond motifs is 3. The number of ether oxygens (including phenoxy) is 1. The standard InChI is InChI=1S/C25H18F2N4OS/c1-33-25-29-24-28-21-17-7-3-5-9-19(17)32-23(14-10-12-15(26)13-11-14)20(21)22(31(24)30-25)16-6-2-4-8-18(16)27/h2-13,22-23H,1H3,(H,28,29,30). The molecule has 8 heteroatoms. The third-order valence-electron chi connectivity index (χ3n) is 5.92. The molecule has 33 heavy (non-hydrogen) atoms. The van der Waals surface area contributed by atoms with Crippen molar-refractivity contribution in [3.05, 3.63) is 107 Å². The fourth-order valence-corrected chi connectivity index (χ4v) is 4.80. The minimum atomic E-state index is -0.603. The number of halogens is 2. The lowest BCUT2D eigenvalue weighted by Crippen LogP contribution is -2.32. The Kier molecular flexibility index (Phi) is 4.69. The average Bonchev–Trinajstić information content (AvgIpc) is 3.26. The number of hydrogen-bond donors (Lipinski definition) is 1. The lowest BCUT2D eigenvalue weighted by atomic mass is 9.84. The fourth-order valence-electron chi connectivity index (χ4n) is 4.45. The van der Waals surface area contributed by atoms with E-state index in [1.807, 2.05) is 30.5 Å². The SMILES string of the molecule is CSc1nc2n(n1)C(c1ccccc1F)C1=C(N2)c2ccccc2OC1c1ccc(F)cc1.